The summed E-state index contributed by atoms with van der Waals surface area (Å²) in [5, 5.41) is 6.88. The standard InChI is InChI=1S/C18H21ClN4O/c1-23-10-4-7-15(12-23)21-17-16(8-3-9-20-17)18(24)22-14-6-2-5-13(19)11-14/h2-3,5-6,8-9,11,15H,4,7,10,12H2,1H3,(H,20,21)(H,22,24). The lowest BCUT2D eigenvalue weighted by molar-refractivity contribution is 0.102. The van der Waals surface area contributed by atoms with Gasteiger partial charge in [-0.15, -0.1) is 0 Å². The van der Waals surface area contributed by atoms with Crippen LogP contribution >= 0.6 is 11.6 Å². The molecule has 1 atom stereocenters. The van der Waals surface area contributed by atoms with Crippen LogP contribution in [-0.2, 0) is 0 Å². The first-order valence-corrected chi connectivity index (χ1v) is 8.46. The van der Waals surface area contributed by atoms with E-state index in [0.29, 0.717) is 28.1 Å². The van der Waals surface area contributed by atoms with Crippen molar-refractivity contribution in [2.45, 2.75) is 18.9 Å². The monoisotopic (exact) mass is 344 g/mol. The number of aromatic nitrogens is 1. The predicted octanol–water partition coefficient (Wildman–Crippen LogP) is 3.49. The van der Waals surface area contributed by atoms with Crippen LogP contribution in [0.15, 0.2) is 42.6 Å². The third-order valence-electron chi connectivity index (χ3n) is 4.10. The number of halogens is 1. The molecule has 1 aromatic heterocycles. The van der Waals surface area contributed by atoms with Crippen LogP contribution < -0.4 is 10.6 Å². The molecule has 1 fully saturated rings. The summed E-state index contributed by atoms with van der Waals surface area (Å²) < 4.78 is 0. The number of nitrogens with one attached hydrogen (secondary N) is 2. The predicted molar refractivity (Wildman–Crippen MR) is 97.8 cm³/mol. The van der Waals surface area contributed by atoms with E-state index >= 15 is 0 Å². The fourth-order valence-corrected chi connectivity index (χ4v) is 3.14. The molecule has 5 nitrogen and oxygen atoms in total. The van der Waals surface area contributed by atoms with E-state index in [0.717, 1.165) is 25.9 Å². The molecular formula is C18H21ClN4O. The molecule has 24 heavy (non-hydrogen) atoms. The first kappa shape index (κ1) is 16.7. The molecule has 0 radical (unpaired) electrons. The molecule has 0 saturated carbocycles. The van der Waals surface area contributed by atoms with Crippen molar-refractivity contribution >= 4 is 29.0 Å². The van der Waals surface area contributed by atoms with E-state index in [1.807, 2.05) is 6.07 Å². The highest BCUT2D eigenvalue weighted by atomic mass is 35.5. The highest BCUT2D eigenvalue weighted by molar-refractivity contribution is 6.31. The third kappa shape index (κ3) is 4.24. The van der Waals surface area contributed by atoms with E-state index in [1.165, 1.54) is 0 Å². The Morgan fingerprint density at radius 2 is 2.21 bits per heavy atom. The van der Waals surface area contributed by atoms with Crippen molar-refractivity contribution in [3.8, 4) is 0 Å². The second-order valence-electron chi connectivity index (χ2n) is 6.11. The number of likely N-dealkylation sites (tertiary alicyclic amines) is 1. The van der Waals surface area contributed by atoms with Gasteiger partial charge in [-0.1, -0.05) is 17.7 Å². The van der Waals surface area contributed by atoms with Gasteiger partial charge in [-0.2, -0.15) is 0 Å². The maximum Gasteiger partial charge on any atom is 0.259 e. The lowest BCUT2D eigenvalue weighted by atomic mass is 10.1. The molecule has 0 spiro atoms. The Morgan fingerprint density at radius 1 is 1.33 bits per heavy atom. The van der Waals surface area contributed by atoms with E-state index < -0.39 is 0 Å². The molecule has 0 bridgehead atoms. The highest BCUT2D eigenvalue weighted by Gasteiger charge is 2.20. The molecule has 1 amide bonds. The molecule has 126 valence electrons. The summed E-state index contributed by atoms with van der Waals surface area (Å²) in [6.45, 7) is 2.06. The number of carbonyl (C=O) groups excluding carboxylic acids is 1. The summed E-state index contributed by atoms with van der Waals surface area (Å²) in [7, 11) is 2.11. The van der Waals surface area contributed by atoms with E-state index in [9.17, 15) is 4.79 Å². The molecule has 1 aliphatic rings. The zero-order valence-electron chi connectivity index (χ0n) is 13.6. The summed E-state index contributed by atoms with van der Waals surface area (Å²) in [6.07, 6.45) is 3.92. The lowest BCUT2D eigenvalue weighted by Crippen LogP contribution is -2.40. The third-order valence-corrected chi connectivity index (χ3v) is 4.34. The summed E-state index contributed by atoms with van der Waals surface area (Å²) in [5.41, 5.74) is 1.20. The maximum atomic E-state index is 12.6. The second-order valence-corrected chi connectivity index (χ2v) is 6.55. The minimum atomic E-state index is -0.197. The minimum Gasteiger partial charge on any atom is -0.365 e. The van der Waals surface area contributed by atoms with Crippen LogP contribution in [0.25, 0.3) is 0 Å². The largest absolute Gasteiger partial charge is 0.365 e. The minimum absolute atomic E-state index is 0.197. The Hall–Kier alpha value is -2.11. The van der Waals surface area contributed by atoms with Crippen molar-refractivity contribution in [2.24, 2.45) is 0 Å². The highest BCUT2D eigenvalue weighted by Crippen LogP contribution is 2.20. The van der Waals surface area contributed by atoms with Gasteiger partial charge in [-0.25, -0.2) is 4.98 Å². The van der Waals surface area contributed by atoms with Crippen LogP contribution in [0.2, 0.25) is 5.02 Å². The molecule has 0 aliphatic carbocycles. The summed E-state index contributed by atoms with van der Waals surface area (Å²) >= 11 is 5.97. The van der Waals surface area contributed by atoms with Gasteiger partial charge in [0, 0.05) is 29.5 Å². The number of nitrogens with zero attached hydrogens (tertiary/aromatic N) is 2. The Labute approximate surface area is 147 Å². The van der Waals surface area contributed by atoms with Gasteiger partial charge in [0.2, 0.25) is 0 Å². The van der Waals surface area contributed by atoms with Crippen molar-refractivity contribution in [3.63, 3.8) is 0 Å². The van der Waals surface area contributed by atoms with Crippen LogP contribution in [0.4, 0.5) is 11.5 Å². The molecule has 1 unspecified atom stereocenters. The fourth-order valence-electron chi connectivity index (χ4n) is 2.95. The molecule has 1 saturated heterocycles. The molecule has 2 N–H and O–H groups in total. The Kier molecular flexibility index (Phi) is 5.33. The average molecular weight is 345 g/mol. The van der Waals surface area contributed by atoms with Gasteiger partial charge < -0.3 is 15.5 Å². The van der Waals surface area contributed by atoms with Gasteiger partial charge in [0.15, 0.2) is 0 Å². The number of rotatable bonds is 4. The van der Waals surface area contributed by atoms with Gasteiger partial charge in [0.25, 0.3) is 5.91 Å². The topological polar surface area (TPSA) is 57.3 Å². The average Bonchev–Trinajstić information content (AvgIpc) is 2.55. The van der Waals surface area contributed by atoms with E-state index in [4.69, 9.17) is 11.6 Å². The summed E-state index contributed by atoms with van der Waals surface area (Å²) in [5.74, 6) is 0.425. The SMILES string of the molecule is CN1CCCC(Nc2ncccc2C(=O)Nc2cccc(Cl)c2)C1. The molecule has 1 aromatic carbocycles. The van der Waals surface area contributed by atoms with Crippen LogP contribution in [0, 0.1) is 0 Å². The van der Waals surface area contributed by atoms with Crippen LogP contribution in [0.5, 0.6) is 0 Å². The smallest absolute Gasteiger partial charge is 0.259 e. The van der Waals surface area contributed by atoms with Gasteiger partial charge in [-0.05, 0) is 56.8 Å². The normalized spacial score (nSPS) is 18.2. The Balaban J connectivity index is 1.74. The van der Waals surface area contributed by atoms with Crippen LogP contribution in [-0.4, -0.2) is 42.0 Å². The van der Waals surface area contributed by atoms with Crippen molar-refractivity contribution in [3.05, 3.63) is 53.2 Å². The second kappa shape index (κ2) is 7.64. The number of hydrogen-bond acceptors (Lipinski definition) is 4. The number of likely N-dealkylation sites (N-methyl/N-ethyl adjacent to an activating group) is 1. The summed E-state index contributed by atoms with van der Waals surface area (Å²) in [4.78, 5) is 19.3. The quantitative estimate of drug-likeness (QED) is 0.891. The van der Waals surface area contributed by atoms with E-state index in [2.05, 4.69) is 27.6 Å². The number of hydrogen-bond donors (Lipinski definition) is 2. The lowest BCUT2D eigenvalue weighted by Gasteiger charge is -2.30. The summed E-state index contributed by atoms with van der Waals surface area (Å²) in [6, 6.07) is 11.0. The van der Waals surface area contributed by atoms with Gasteiger partial charge in [0.05, 0.1) is 5.56 Å². The fraction of sp³-hybridized carbons (Fsp3) is 0.333. The van der Waals surface area contributed by atoms with Crippen molar-refractivity contribution in [1.82, 2.24) is 9.88 Å². The van der Waals surface area contributed by atoms with Crippen LogP contribution in [0.1, 0.15) is 23.2 Å². The molecule has 2 aromatic rings. The Morgan fingerprint density at radius 3 is 3.00 bits per heavy atom. The maximum absolute atomic E-state index is 12.6. The van der Waals surface area contributed by atoms with Gasteiger partial charge >= 0.3 is 0 Å². The molecular weight excluding hydrogens is 324 g/mol. The number of benzene rings is 1. The van der Waals surface area contributed by atoms with Crippen LogP contribution in [0.3, 0.4) is 0 Å². The zero-order chi connectivity index (χ0) is 16.9. The molecule has 2 heterocycles. The van der Waals surface area contributed by atoms with Crippen molar-refractivity contribution in [1.29, 1.82) is 0 Å². The van der Waals surface area contributed by atoms with Crippen molar-refractivity contribution in [2.75, 3.05) is 30.8 Å². The number of pyridine rings is 1. The number of amides is 1. The zero-order valence-corrected chi connectivity index (χ0v) is 14.4. The molecule has 6 heteroatoms. The van der Waals surface area contributed by atoms with Crippen molar-refractivity contribution < 1.29 is 4.79 Å². The Bertz CT molecular complexity index is 722. The molecule has 3 rings (SSSR count). The van der Waals surface area contributed by atoms with E-state index in [-0.39, 0.29) is 5.91 Å². The van der Waals surface area contributed by atoms with Gasteiger partial charge in [0.1, 0.15) is 5.82 Å². The number of piperidine rings is 1. The molecule has 1 aliphatic heterocycles. The first-order chi connectivity index (χ1) is 11.6. The first-order valence-electron chi connectivity index (χ1n) is 8.09. The van der Waals surface area contributed by atoms with E-state index in [1.54, 1.807) is 36.5 Å². The number of carbonyl (C=O) groups is 1. The van der Waals surface area contributed by atoms with Gasteiger partial charge in [-0.3, -0.25) is 4.79 Å². The number of anilines is 2.